The number of aryl methyl sites for hydroxylation is 2. The van der Waals surface area contributed by atoms with Crippen LogP contribution in [0.4, 0.5) is 0 Å². The normalized spacial score (nSPS) is 16.3. The molecule has 0 unspecified atom stereocenters. The summed E-state index contributed by atoms with van der Waals surface area (Å²) in [5, 5.41) is 34.5. The smallest absolute Gasteiger partial charge is 0.246 e. The Bertz CT molecular complexity index is 2310. The average molecular weight is 915 g/mol. The molecule has 1 aliphatic rings. The van der Waals surface area contributed by atoms with Crippen molar-refractivity contribution in [2.45, 2.75) is 110 Å². The largest absolute Gasteiger partial charge is 0.494 e. The summed E-state index contributed by atoms with van der Waals surface area (Å²) in [5.74, 6) is 0.363. The van der Waals surface area contributed by atoms with E-state index in [0.29, 0.717) is 18.8 Å². The highest BCUT2D eigenvalue weighted by Gasteiger charge is 2.44. The standard InChI is InChI=1S/C48H60ClN7O7S/c1-31-43(64-30-51-31)33-12-10-32(11-13-33)25-50-45(60)41-23-37(57)27-56(41)46(61)44(47(2,3)4)52-42(59)28-55-26-36(53-54-55)9-7-8-22-62-39-18-14-34(15-19-39)48(5,6)35-16-20-40(21-17-35)63-29-38(58)24-49/h10-21,26,30,37-38,41,44,57-58H,7-9,22-25,27-29H2,1-6H3,(H,50,60)(H,52,59)/t37-,38-,41+,44-/m1/s1. The van der Waals surface area contributed by atoms with Crippen LogP contribution in [-0.2, 0) is 39.3 Å². The van der Waals surface area contributed by atoms with Crippen molar-refractivity contribution in [1.29, 1.82) is 0 Å². The molecule has 0 radical (unpaired) electrons. The predicted octanol–water partition coefficient (Wildman–Crippen LogP) is 6.23. The van der Waals surface area contributed by atoms with Gasteiger partial charge in [0.1, 0.15) is 42.8 Å². The van der Waals surface area contributed by atoms with Gasteiger partial charge >= 0.3 is 0 Å². The molecular weight excluding hydrogens is 854 g/mol. The van der Waals surface area contributed by atoms with Crippen LogP contribution in [0.2, 0.25) is 0 Å². The van der Waals surface area contributed by atoms with Crippen LogP contribution in [0.15, 0.2) is 84.5 Å². The first-order valence-electron chi connectivity index (χ1n) is 21.7. The zero-order valence-electron chi connectivity index (χ0n) is 37.4. The number of hydrogen-bond acceptors (Lipinski definition) is 11. The second-order valence-corrected chi connectivity index (χ2v) is 19.1. The molecule has 5 aromatic rings. The molecule has 1 aliphatic heterocycles. The highest BCUT2D eigenvalue weighted by Crippen LogP contribution is 2.34. The van der Waals surface area contributed by atoms with Gasteiger partial charge in [-0.3, -0.25) is 14.4 Å². The number of alkyl halides is 1. The minimum atomic E-state index is -0.962. The van der Waals surface area contributed by atoms with Crippen LogP contribution < -0.4 is 20.1 Å². The lowest BCUT2D eigenvalue weighted by molar-refractivity contribution is -0.144. The fourth-order valence-electron chi connectivity index (χ4n) is 7.60. The van der Waals surface area contributed by atoms with Crippen molar-refractivity contribution in [2.24, 2.45) is 5.41 Å². The molecule has 64 heavy (non-hydrogen) atoms. The van der Waals surface area contributed by atoms with E-state index in [2.05, 4.69) is 51.9 Å². The van der Waals surface area contributed by atoms with Gasteiger partial charge in [-0.1, -0.05) is 88.4 Å². The van der Waals surface area contributed by atoms with E-state index in [4.69, 9.17) is 21.1 Å². The van der Waals surface area contributed by atoms with Gasteiger partial charge < -0.3 is 35.2 Å². The number of hydrogen-bond donors (Lipinski definition) is 4. The lowest BCUT2D eigenvalue weighted by Crippen LogP contribution is -2.58. The summed E-state index contributed by atoms with van der Waals surface area (Å²) in [6, 6.07) is 22.0. The summed E-state index contributed by atoms with van der Waals surface area (Å²) in [4.78, 5) is 47.7. The van der Waals surface area contributed by atoms with E-state index in [9.17, 15) is 24.6 Å². The number of carbonyl (C=O) groups is 3. The number of nitrogens with one attached hydrogen (secondary N) is 2. The van der Waals surface area contributed by atoms with Crippen molar-refractivity contribution in [1.82, 2.24) is 35.5 Å². The van der Waals surface area contributed by atoms with Gasteiger partial charge in [0.2, 0.25) is 17.7 Å². The number of benzene rings is 3. The van der Waals surface area contributed by atoms with Gasteiger partial charge in [-0.25, -0.2) is 9.67 Å². The quantitative estimate of drug-likeness (QED) is 0.0517. The predicted molar refractivity (Wildman–Crippen MR) is 247 cm³/mol. The first-order chi connectivity index (χ1) is 30.5. The number of halogens is 1. The number of aromatic nitrogens is 4. The molecule has 3 aromatic carbocycles. The topological polar surface area (TPSA) is 181 Å². The summed E-state index contributed by atoms with van der Waals surface area (Å²) < 4.78 is 13.1. The van der Waals surface area contributed by atoms with Gasteiger partial charge in [0, 0.05) is 31.1 Å². The monoisotopic (exact) mass is 913 g/mol. The molecule has 3 heterocycles. The van der Waals surface area contributed by atoms with Crippen LogP contribution in [-0.4, -0.2) is 103 Å². The fourth-order valence-corrected chi connectivity index (χ4v) is 8.50. The molecule has 0 bridgehead atoms. The summed E-state index contributed by atoms with van der Waals surface area (Å²) in [5.41, 5.74) is 6.78. The summed E-state index contributed by atoms with van der Waals surface area (Å²) in [7, 11) is 0. The Kier molecular flexibility index (Phi) is 16.2. The maximum atomic E-state index is 14.1. The van der Waals surface area contributed by atoms with Gasteiger partial charge in [0.05, 0.1) is 40.4 Å². The molecule has 342 valence electrons. The number of nitrogens with zero attached hydrogens (tertiary/aromatic N) is 5. The molecule has 1 fully saturated rings. The van der Waals surface area contributed by atoms with Crippen LogP contribution in [0.1, 0.15) is 82.0 Å². The maximum absolute atomic E-state index is 14.1. The summed E-state index contributed by atoms with van der Waals surface area (Å²) in [6.07, 6.45) is 2.49. The number of ether oxygens (including phenoxy) is 2. The van der Waals surface area contributed by atoms with Gasteiger partial charge in [-0.05, 0) is 78.1 Å². The first-order valence-corrected chi connectivity index (χ1v) is 23.1. The van der Waals surface area contributed by atoms with Crippen LogP contribution in [0.5, 0.6) is 11.5 Å². The Labute approximate surface area is 384 Å². The Balaban J connectivity index is 0.935. The van der Waals surface area contributed by atoms with E-state index < -0.39 is 41.5 Å². The van der Waals surface area contributed by atoms with Crippen LogP contribution >= 0.6 is 22.9 Å². The molecule has 14 nitrogen and oxygen atoms in total. The minimum absolute atomic E-state index is 0.0121. The third kappa shape index (κ3) is 12.7. The Morgan fingerprint density at radius 2 is 1.59 bits per heavy atom. The number of aliphatic hydroxyl groups is 2. The van der Waals surface area contributed by atoms with Crippen molar-refractivity contribution in [3.63, 3.8) is 0 Å². The molecule has 6 rings (SSSR count). The van der Waals surface area contributed by atoms with E-state index in [1.165, 1.54) is 9.58 Å². The lowest BCUT2D eigenvalue weighted by atomic mass is 9.78. The lowest BCUT2D eigenvalue weighted by Gasteiger charge is -2.35. The second-order valence-electron chi connectivity index (χ2n) is 18.0. The molecular formula is C48H60ClN7O7S. The van der Waals surface area contributed by atoms with Crippen LogP contribution in [0, 0.1) is 12.3 Å². The zero-order chi connectivity index (χ0) is 46.0. The number of aliphatic hydroxyl groups excluding tert-OH is 2. The zero-order valence-corrected chi connectivity index (χ0v) is 39.0. The van der Waals surface area contributed by atoms with Gasteiger partial charge in [-0.2, -0.15) is 0 Å². The van der Waals surface area contributed by atoms with Crippen LogP contribution in [0.25, 0.3) is 10.4 Å². The molecule has 0 spiro atoms. The number of amides is 3. The molecule has 16 heteroatoms. The number of thiazole rings is 1. The van der Waals surface area contributed by atoms with E-state index >= 15 is 0 Å². The number of likely N-dealkylation sites (tertiary alicyclic amines) is 1. The third-order valence-corrected chi connectivity index (χ3v) is 12.8. The first kappa shape index (κ1) is 48.1. The molecule has 0 saturated carbocycles. The molecule has 0 aliphatic carbocycles. The van der Waals surface area contributed by atoms with Crippen molar-refractivity contribution in [3.05, 3.63) is 113 Å². The van der Waals surface area contributed by atoms with Gasteiger partial charge in [0.25, 0.3) is 0 Å². The Morgan fingerprint density at radius 1 is 0.938 bits per heavy atom. The maximum Gasteiger partial charge on any atom is 0.246 e. The van der Waals surface area contributed by atoms with E-state index in [0.717, 1.165) is 57.1 Å². The van der Waals surface area contributed by atoms with Crippen molar-refractivity contribution < 1.29 is 34.1 Å². The van der Waals surface area contributed by atoms with Crippen LogP contribution in [0.3, 0.4) is 0 Å². The van der Waals surface area contributed by atoms with Crippen molar-refractivity contribution >= 4 is 40.7 Å². The van der Waals surface area contributed by atoms with Gasteiger partial charge in [-0.15, -0.1) is 28.0 Å². The van der Waals surface area contributed by atoms with Crippen molar-refractivity contribution in [3.8, 4) is 21.9 Å². The van der Waals surface area contributed by atoms with Gasteiger partial charge in [0.15, 0.2) is 0 Å². The van der Waals surface area contributed by atoms with E-state index in [1.54, 1.807) is 17.5 Å². The molecule has 3 amide bonds. The number of rotatable bonds is 20. The van der Waals surface area contributed by atoms with E-state index in [1.807, 2.05) is 93.9 Å². The average Bonchev–Trinajstić information content (AvgIpc) is 4.03. The SMILES string of the molecule is Cc1ncsc1-c1ccc(CNC(=O)[C@@H]2C[C@@H](O)CN2C(=O)[C@@H](NC(=O)Cn2cc(CCCCOc3ccc(C(C)(C)c4ccc(OC[C@H](O)CCl)cc4)cc3)nn2)C(C)(C)C)cc1. The highest BCUT2D eigenvalue weighted by molar-refractivity contribution is 7.13. The van der Waals surface area contributed by atoms with E-state index in [-0.39, 0.29) is 49.9 Å². The molecule has 4 N–H and O–H groups in total. The molecule has 1 saturated heterocycles. The fraction of sp³-hybridized carbons (Fsp3) is 0.458. The Hall–Kier alpha value is -5.35. The minimum Gasteiger partial charge on any atom is -0.494 e. The number of unbranched alkanes of at least 4 members (excludes halogenated alkanes) is 1. The third-order valence-electron chi connectivity index (χ3n) is 11.5. The van der Waals surface area contributed by atoms with Crippen molar-refractivity contribution in [2.75, 3.05) is 25.6 Å². The number of β-amino-alcohol motifs (C(OH)–C–C–N with tert-alkyl or cyclic N) is 1. The Morgan fingerprint density at radius 3 is 2.20 bits per heavy atom. The number of carbonyl (C=O) groups excluding carboxylic acids is 3. The second kappa shape index (κ2) is 21.6. The molecule has 4 atom stereocenters. The molecule has 2 aromatic heterocycles. The highest BCUT2D eigenvalue weighted by atomic mass is 35.5. The summed E-state index contributed by atoms with van der Waals surface area (Å²) >= 11 is 7.23. The summed E-state index contributed by atoms with van der Waals surface area (Å²) in [6.45, 7) is 12.6.